The summed E-state index contributed by atoms with van der Waals surface area (Å²) in [7, 11) is 0. The van der Waals surface area contributed by atoms with Crippen LogP contribution in [0.1, 0.15) is 303 Å². The maximum atomic E-state index is 13.0. The van der Waals surface area contributed by atoms with Crippen LogP contribution in [0.5, 0.6) is 0 Å². The Morgan fingerprint density at radius 3 is 0.759 bits per heavy atom. The first-order valence-corrected chi connectivity index (χ1v) is 34.3. The standard InChI is InChI=1S/C77H126O6/c1-4-7-10-13-16-19-22-25-28-30-32-34-36-37-38-39-41-42-44-46-49-52-55-58-61-64-67-70-76(79)82-73-74(72-81-75(78)69-66-63-60-57-54-51-48-27-24-21-18-15-12-9-6-3)83-77(80)71-68-65-62-59-56-53-50-47-45-43-40-35-33-31-29-26-23-20-17-14-11-8-5-2/h7,9-10,12,16,18-19,21,23,25-28,31-34,37-38,40,43,48,54,57,74H,4-6,8,11,13-15,17,20,22,24,29-30,35-36,39,41-42,44-47,49-53,55-56,58-73H2,1-3H3/b10-7-,12-9-,19-16-,21-18-,26-23-,28-25-,33-31-,34-32-,38-37-,43-40-,48-27-,57-54-. The lowest BCUT2D eigenvalue weighted by Crippen LogP contribution is -2.30. The fraction of sp³-hybridized carbons (Fsp3) is 0.649. The minimum absolute atomic E-state index is 0.100. The molecular formula is C77H126O6. The second-order valence-electron chi connectivity index (χ2n) is 22.3. The summed E-state index contributed by atoms with van der Waals surface area (Å²) in [5.41, 5.74) is 0. The van der Waals surface area contributed by atoms with Crippen LogP contribution in [0.4, 0.5) is 0 Å². The Morgan fingerprint density at radius 2 is 0.470 bits per heavy atom. The fourth-order valence-corrected chi connectivity index (χ4v) is 9.23. The van der Waals surface area contributed by atoms with E-state index in [1.54, 1.807) is 0 Å². The maximum absolute atomic E-state index is 13.0. The zero-order valence-corrected chi connectivity index (χ0v) is 53.9. The van der Waals surface area contributed by atoms with Gasteiger partial charge in [-0.15, -0.1) is 0 Å². The van der Waals surface area contributed by atoms with E-state index in [0.29, 0.717) is 19.3 Å². The second kappa shape index (κ2) is 69.8. The van der Waals surface area contributed by atoms with Gasteiger partial charge in [-0.1, -0.05) is 289 Å². The summed E-state index contributed by atoms with van der Waals surface area (Å²) >= 11 is 0. The Balaban J connectivity index is 4.40. The first kappa shape index (κ1) is 78.3. The molecule has 0 saturated heterocycles. The first-order valence-electron chi connectivity index (χ1n) is 34.3. The molecule has 6 heteroatoms. The van der Waals surface area contributed by atoms with E-state index >= 15 is 0 Å². The van der Waals surface area contributed by atoms with Gasteiger partial charge in [-0.3, -0.25) is 14.4 Å². The highest BCUT2D eigenvalue weighted by atomic mass is 16.6. The highest BCUT2D eigenvalue weighted by Gasteiger charge is 2.19. The molecular weight excluding hydrogens is 1020 g/mol. The van der Waals surface area contributed by atoms with E-state index in [4.69, 9.17) is 14.2 Å². The van der Waals surface area contributed by atoms with Gasteiger partial charge in [0.05, 0.1) is 0 Å². The van der Waals surface area contributed by atoms with Crippen molar-refractivity contribution >= 4 is 17.9 Å². The summed E-state index contributed by atoms with van der Waals surface area (Å²) in [4.78, 5) is 38.4. The number of esters is 3. The molecule has 6 nitrogen and oxygen atoms in total. The molecule has 0 radical (unpaired) electrons. The van der Waals surface area contributed by atoms with Crippen molar-refractivity contribution in [3.05, 3.63) is 146 Å². The lowest BCUT2D eigenvalue weighted by atomic mass is 10.0. The normalized spacial score (nSPS) is 13.0. The summed E-state index contributed by atoms with van der Waals surface area (Å²) in [5, 5.41) is 0. The molecule has 0 fully saturated rings. The van der Waals surface area contributed by atoms with Crippen LogP contribution < -0.4 is 0 Å². The van der Waals surface area contributed by atoms with Crippen molar-refractivity contribution in [3.63, 3.8) is 0 Å². The smallest absolute Gasteiger partial charge is 0.306 e. The highest BCUT2D eigenvalue weighted by Crippen LogP contribution is 2.16. The van der Waals surface area contributed by atoms with Crippen molar-refractivity contribution in [2.45, 2.75) is 309 Å². The topological polar surface area (TPSA) is 78.9 Å². The van der Waals surface area contributed by atoms with Crippen LogP contribution in [0.3, 0.4) is 0 Å². The highest BCUT2D eigenvalue weighted by molar-refractivity contribution is 5.71. The van der Waals surface area contributed by atoms with Crippen molar-refractivity contribution < 1.29 is 28.6 Å². The van der Waals surface area contributed by atoms with Gasteiger partial charge in [-0.25, -0.2) is 0 Å². The summed E-state index contributed by atoms with van der Waals surface area (Å²) in [6.45, 7) is 6.37. The molecule has 0 aliphatic rings. The maximum Gasteiger partial charge on any atom is 0.306 e. The number of hydrogen-bond donors (Lipinski definition) is 0. The lowest BCUT2D eigenvalue weighted by Gasteiger charge is -2.18. The van der Waals surface area contributed by atoms with Crippen molar-refractivity contribution in [2.24, 2.45) is 0 Å². The van der Waals surface area contributed by atoms with Crippen LogP contribution in [-0.4, -0.2) is 37.2 Å². The molecule has 0 aromatic carbocycles. The van der Waals surface area contributed by atoms with Gasteiger partial charge in [0.15, 0.2) is 6.10 Å². The van der Waals surface area contributed by atoms with Crippen molar-refractivity contribution in [1.29, 1.82) is 0 Å². The number of carbonyl (C=O) groups excluding carboxylic acids is 3. The molecule has 0 N–H and O–H groups in total. The number of allylic oxidation sites excluding steroid dienone is 24. The molecule has 0 spiro atoms. The van der Waals surface area contributed by atoms with Crippen LogP contribution in [-0.2, 0) is 28.6 Å². The molecule has 0 bridgehead atoms. The van der Waals surface area contributed by atoms with Gasteiger partial charge in [0, 0.05) is 19.3 Å². The molecule has 1 atom stereocenters. The van der Waals surface area contributed by atoms with Crippen LogP contribution in [0, 0.1) is 0 Å². The SMILES string of the molecule is CC/C=C\C/C=C\C/C=C\C/C=C\C/C=C\CCCCCCCCCCCCCC(=O)OCC(COC(=O)CCCC/C=C\C/C=C\C/C=C\C/C=C\CC)OC(=O)CCCCCCCCCC/C=C\C/C=C\C/C=C\CCCCCCC. The first-order chi connectivity index (χ1) is 41.0. The molecule has 470 valence electrons. The van der Waals surface area contributed by atoms with Gasteiger partial charge >= 0.3 is 17.9 Å². The molecule has 1 unspecified atom stereocenters. The largest absolute Gasteiger partial charge is 0.462 e. The van der Waals surface area contributed by atoms with Gasteiger partial charge in [-0.2, -0.15) is 0 Å². The van der Waals surface area contributed by atoms with E-state index in [1.165, 1.54) is 128 Å². The van der Waals surface area contributed by atoms with E-state index in [-0.39, 0.29) is 31.1 Å². The number of ether oxygens (including phenoxy) is 3. The zero-order chi connectivity index (χ0) is 59.9. The van der Waals surface area contributed by atoms with E-state index in [9.17, 15) is 14.4 Å². The molecule has 0 aliphatic heterocycles. The Bertz CT molecular complexity index is 1800. The predicted molar refractivity (Wildman–Crippen MR) is 362 cm³/mol. The molecule has 83 heavy (non-hydrogen) atoms. The monoisotopic (exact) mass is 1150 g/mol. The van der Waals surface area contributed by atoms with Crippen LogP contribution in [0.2, 0.25) is 0 Å². The number of unbranched alkanes of at least 4 members (excludes halogenated alkanes) is 26. The summed E-state index contributed by atoms with van der Waals surface area (Å²) in [6, 6.07) is 0. The van der Waals surface area contributed by atoms with Gasteiger partial charge in [-0.05, 0) is 141 Å². The third kappa shape index (κ3) is 68.0. The third-order valence-electron chi connectivity index (χ3n) is 14.3. The van der Waals surface area contributed by atoms with E-state index in [1.807, 2.05) is 0 Å². The Hall–Kier alpha value is -4.71. The van der Waals surface area contributed by atoms with Crippen LogP contribution in [0.25, 0.3) is 0 Å². The Morgan fingerprint density at radius 1 is 0.253 bits per heavy atom. The fourth-order valence-electron chi connectivity index (χ4n) is 9.23. The lowest BCUT2D eigenvalue weighted by molar-refractivity contribution is -0.167. The van der Waals surface area contributed by atoms with Crippen molar-refractivity contribution in [3.8, 4) is 0 Å². The quantitative estimate of drug-likeness (QED) is 0.0261. The predicted octanol–water partition coefficient (Wildman–Crippen LogP) is 23.9. The van der Waals surface area contributed by atoms with Gasteiger partial charge < -0.3 is 14.2 Å². The molecule has 0 aromatic heterocycles. The van der Waals surface area contributed by atoms with Gasteiger partial charge in [0.25, 0.3) is 0 Å². The van der Waals surface area contributed by atoms with Gasteiger partial charge in [0.1, 0.15) is 13.2 Å². The van der Waals surface area contributed by atoms with Crippen molar-refractivity contribution in [2.75, 3.05) is 13.2 Å². The van der Waals surface area contributed by atoms with E-state index in [0.717, 1.165) is 135 Å². The summed E-state index contributed by atoms with van der Waals surface area (Å²) < 4.78 is 16.9. The minimum atomic E-state index is -0.808. The second-order valence-corrected chi connectivity index (χ2v) is 22.3. The molecule has 0 saturated carbocycles. The number of rotatable bonds is 61. The average Bonchev–Trinajstić information content (AvgIpc) is 3.49. The molecule has 0 rings (SSSR count). The average molecular weight is 1150 g/mol. The van der Waals surface area contributed by atoms with Gasteiger partial charge in [0.2, 0.25) is 0 Å². The molecule has 0 heterocycles. The van der Waals surface area contributed by atoms with E-state index in [2.05, 4.69) is 167 Å². The van der Waals surface area contributed by atoms with Crippen LogP contribution >= 0.6 is 0 Å². The molecule has 0 amide bonds. The Labute approximate surface area is 512 Å². The molecule has 0 aliphatic carbocycles. The van der Waals surface area contributed by atoms with Crippen molar-refractivity contribution in [1.82, 2.24) is 0 Å². The van der Waals surface area contributed by atoms with Crippen LogP contribution in [0.15, 0.2) is 146 Å². The third-order valence-corrected chi connectivity index (χ3v) is 14.3. The summed E-state index contributed by atoms with van der Waals surface area (Å²) in [6.07, 6.45) is 100. The molecule has 0 aromatic rings. The Kier molecular flexibility index (Phi) is 65.8. The zero-order valence-electron chi connectivity index (χ0n) is 53.9. The number of hydrogen-bond acceptors (Lipinski definition) is 6. The van der Waals surface area contributed by atoms with E-state index < -0.39 is 6.10 Å². The minimum Gasteiger partial charge on any atom is -0.462 e. The summed E-state index contributed by atoms with van der Waals surface area (Å²) in [5.74, 6) is -0.949. The number of carbonyl (C=O) groups is 3.